The Morgan fingerprint density at radius 1 is 2.00 bits per heavy atom. The second-order valence-electron chi connectivity index (χ2n) is 1.12. The normalized spacial score (nSPS) is 13.3. The third kappa shape index (κ3) is 1.98. The number of carboxylic acids is 1. The predicted molar refractivity (Wildman–Crippen MR) is 27.1 cm³/mol. The van der Waals surface area contributed by atoms with Crippen molar-refractivity contribution in [1.29, 1.82) is 0 Å². The molecule has 0 rings (SSSR count). The van der Waals surface area contributed by atoms with Gasteiger partial charge in [0.25, 0.3) is 0 Å². The van der Waals surface area contributed by atoms with Crippen molar-refractivity contribution in [3.05, 3.63) is 11.6 Å². The first-order valence-corrected chi connectivity index (χ1v) is 1.90. The van der Waals surface area contributed by atoms with Gasteiger partial charge in [-0.25, -0.2) is 4.79 Å². The summed E-state index contributed by atoms with van der Waals surface area (Å²) in [6, 6.07) is 0. The molecule has 0 heterocycles. The molecule has 0 aromatic heterocycles. The molecule has 0 amide bonds. The van der Waals surface area contributed by atoms with Crippen molar-refractivity contribution in [2.24, 2.45) is 0 Å². The number of hydrogen-bond donors (Lipinski definition) is 1. The average Bonchev–Trinajstić information content (AvgIpc) is 1.69. The van der Waals surface area contributed by atoms with Gasteiger partial charge in [-0.2, -0.15) is 0 Å². The van der Waals surface area contributed by atoms with Gasteiger partial charge in [0.2, 0.25) is 0 Å². The van der Waals surface area contributed by atoms with Crippen LogP contribution in [-0.2, 0) is 4.79 Å². The zero-order chi connectivity index (χ0) is 6.57. The summed E-state index contributed by atoms with van der Waals surface area (Å²) in [5, 5.41) is 8.18. The lowest BCUT2D eigenvalue weighted by atomic mass is 10.3. The summed E-state index contributed by atoms with van der Waals surface area (Å²) in [6.07, 6.45) is 1.43. The Hall–Kier alpha value is -0.790. The fourth-order valence-corrected chi connectivity index (χ4v) is 0.123. The van der Waals surface area contributed by atoms with Crippen LogP contribution < -0.4 is 0 Å². The van der Waals surface area contributed by atoms with Crippen LogP contribution in [0.5, 0.6) is 0 Å². The van der Waals surface area contributed by atoms with Crippen LogP contribution in [0.15, 0.2) is 11.6 Å². The first kappa shape index (κ1) is 4.37. The van der Waals surface area contributed by atoms with Gasteiger partial charge < -0.3 is 5.11 Å². The summed E-state index contributed by atoms with van der Waals surface area (Å²) < 4.78 is 6.64. The van der Waals surface area contributed by atoms with E-state index in [9.17, 15) is 4.79 Å². The standard InChI is InChI=1S/C5H8O2/c1-3-4(2)5(6)7/h3H,1-2H3,(H,6,7)/b4-3+/i2D. The minimum Gasteiger partial charge on any atom is -0.478 e. The molecule has 0 saturated carbocycles. The highest BCUT2D eigenvalue weighted by Crippen LogP contribution is 1.87. The molecule has 0 fully saturated rings. The van der Waals surface area contributed by atoms with E-state index in [0.29, 0.717) is 0 Å². The Balaban J connectivity index is 3.92. The number of aliphatic carboxylic acids is 1. The smallest absolute Gasteiger partial charge is 0.330 e. The number of hydrogen-bond acceptors (Lipinski definition) is 1. The molecule has 0 saturated heterocycles. The fourth-order valence-electron chi connectivity index (χ4n) is 0.123. The van der Waals surface area contributed by atoms with Gasteiger partial charge in [-0.1, -0.05) is 6.08 Å². The molecule has 40 valence electrons. The summed E-state index contributed by atoms with van der Waals surface area (Å²) in [6.45, 7) is 1.46. The topological polar surface area (TPSA) is 37.3 Å². The largest absolute Gasteiger partial charge is 0.478 e. The van der Waals surface area contributed by atoms with Gasteiger partial charge in [-0.15, -0.1) is 0 Å². The minimum atomic E-state index is -0.998. The molecular formula is C5H8O2. The third-order valence-corrected chi connectivity index (χ3v) is 0.623. The molecule has 0 bridgehead atoms. The third-order valence-electron chi connectivity index (χ3n) is 0.623. The Morgan fingerprint density at radius 2 is 2.57 bits per heavy atom. The molecule has 2 nitrogen and oxygen atoms in total. The van der Waals surface area contributed by atoms with Gasteiger partial charge in [0, 0.05) is 6.94 Å². The highest BCUT2D eigenvalue weighted by Gasteiger charge is 1.93. The second kappa shape index (κ2) is 2.39. The molecule has 1 N–H and O–H groups in total. The maximum atomic E-state index is 9.97. The van der Waals surface area contributed by atoms with E-state index >= 15 is 0 Å². The summed E-state index contributed by atoms with van der Waals surface area (Å²) in [7, 11) is 0. The lowest BCUT2D eigenvalue weighted by Gasteiger charge is -1.84. The van der Waals surface area contributed by atoms with E-state index in [2.05, 4.69) is 0 Å². The number of allylic oxidation sites excluding steroid dienone is 1. The first-order valence-electron chi connectivity index (χ1n) is 2.60. The molecule has 2 heteroatoms. The van der Waals surface area contributed by atoms with Gasteiger partial charge >= 0.3 is 5.97 Å². The Bertz CT molecular complexity index is 118. The molecule has 7 heavy (non-hydrogen) atoms. The summed E-state index contributed by atoms with van der Waals surface area (Å²) in [5.41, 5.74) is 0.144. The number of carboxylic acid groups (broad SMARTS) is 1. The Labute approximate surface area is 43.9 Å². The second-order valence-corrected chi connectivity index (χ2v) is 1.12. The first-order chi connectivity index (χ1) is 3.72. The zero-order valence-electron chi connectivity index (χ0n) is 5.14. The Morgan fingerprint density at radius 3 is 2.57 bits per heavy atom. The van der Waals surface area contributed by atoms with Gasteiger partial charge in [-0.3, -0.25) is 0 Å². The van der Waals surface area contributed by atoms with Crippen LogP contribution in [0.4, 0.5) is 0 Å². The molecule has 0 unspecified atom stereocenters. The molecule has 0 radical (unpaired) electrons. The maximum absolute atomic E-state index is 9.97. The van der Waals surface area contributed by atoms with Crippen molar-refractivity contribution in [3.63, 3.8) is 0 Å². The monoisotopic (exact) mass is 101 g/mol. The predicted octanol–water partition coefficient (Wildman–Crippen LogP) is 1.04. The van der Waals surface area contributed by atoms with Crippen LogP contribution in [0.2, 0.25) is 0 Å². The van der Waals surface area contributed by atoms with E-state index in [1.54, 1.807) is 6.92 Å². The molecule has 0 aliphatic heterocycles. The van der Waals surface area contributed by atoms with Crippen molar-refractivity contribution in [2.45, 2.75) is 13.8 Å². The van der Waals surface area contributed by atoms with Crippen LogP contribution in [-0.4, -0.2) is 11.1 Å². The summed E-state index contributed by atoms with van der Waals surface area (Å²) in [5.74, 6) is -0.998. The van der Waals surface area contributed by atoms with Crippen molar-refractivity contribution < 1.29 is 11.3 Å². The van der Waals surface area contributed by atoms with Crippen molar-refractivity contribution >= 4 is 5.97 Å². The van der Waals surface area contributed by atoms with Gasteiger partial charge in [0.15, 0.2) is 0 Å². The SMILES string of the molecule is [2H]C/C(=C\C)C(=O)O. The lowest BCUT2D eigenvalue weighted by Crippen LogP contribution is -1.93. The fraction of sp³-hybridized carbons (Fsp3) is 0.400. The number of carbonyl (C=O) groups is 1. The average molecular weight is 101 g/mol. The van der Waals surface area contributed by atoms with Gasteiger partial charge in [0.1, 0.15) is 0 Å². The molecule has 0 aromatic carbocycles. The molecule has 0 atom stereocenters. The van der Waals surface area contributed by atoms with E-state index < -0.39 is 5.97 Å². The summed E-state index contributed by atoms with van der Waals surface area (Å²) >= 11 is 0. The van der Waals surface area contributed by atoms with Gasteiger partial charge in [-0.05, 0) is 13.8 Å². The molecular weight excluding hydrogens is 92.1 g/mol. The lowest BCUT2D eigenvalue weighted by molar-refractivity contribution is -0.132. The van der Waals surface area contributed by atoms with E-state index in [1.807, 2.05) is 0 Å². The van der Waals surface area contributed by atoms with Crippen LogP contribution in [0.3, 0.4) is 0 Å². The van der Waals surface area contributed by atoms with Crippen LogP contribution in [0, 0.1) is 0 Å². The molecule has 0 aliphatic carbocycles. The number of rotatable bonds is 1. The maximum Gasteiger partial charge on any atom is 0.330 e. The van der Waals surface area contributed by atoms with Crippen molar-refractivity contribution in [3.8, 4) is 0 Å². The summed E-state index contributed by atoms with van der Waals surface area (Å²) in [4.78, 5) is 9.97. The van der Waals surface area contributed by atoms with Gasteiger partial charge in [0.05, 0.1) is 0 Å². The van der Waals surface area contributed by atoms with Crippen LogP contribution in [0.25, 0.3) is 0 Å². The Kier molecular flexibility index (Phi) is 1.50. The minimum absolute atomic E-state index is 0.144. The van der Waals surface area contributed by atoms with Crippen LogP contribution >= 0.6 is 0 Å². The molecule has 0 spiro atoms. The van der Waals surface area contributed by atoms with Crippen molar-refractivity contribution in [1.82, 2.24) is 0 Å². The zero-order valence-corrected chi connectivity index (χ0v) is 4.14. The van der Waals surface area contributed by atoms with E-state index in [4.69, 9.17) is 6.48 Å². The molecule has 0 aromatic rings. The van der Waals surface area contributed by atoms with E-state index in [-0.39, 0.29) is 12.5 Å². The van der Waals surface area contributed by atoms with Crippen LogP contribution in [0.1, 0.15) is 15.2 Å². The molecule has 0 aliphatic rings. The van der Waals surface area contributed by atoms with E-state index in [0.717, 1.165) is 0 Å². The highest BCUT2D eigenvalue weighted by atomic mass is 16.4. The van der Waals surface area contributed by atoms with Crippen molar-refractivity contribution in [2.75, 3.05) is 0 Å². The highest BCUT2D eigenvalue weighted by molar-refractivity contribution is 5.85. The quantitative estimate of drug-likeness (QED) is 0.501. The van der Waals surface area contributed by atoms with E-state index in [1.165, 1.54) is 6.08 Å².